The van der Waals surface area contributed by atoms with Crippen LogP contribution in [0.4, 0.5) is 0 Å². The number of nitrogens with one attached hydrogen (secondary N) is 5. The van der Waals surface area contributed by atoms with E-state index < -0.39 is 78.2 Å². The Morgan fingerprint density at radius 3 is 2.03 bits per heavy atom. The van der Waals surface area contributed by atoms with Crippen LogP contribution < -0.4 is 32.3 Å². The second-order valence-corrected chi connectivity index (χ2v) is 18.2. The zero-order valence-electron chi connectivity index (χ0n) is 38.6. The van der Waals surface area contributed by atoms with Crippen molar-refractivity contribution in [1.82, 2.24) is 31.5 Å². The number of nitrogens with zero attached hydrogens (tertiary/aromatic N) is 1. The molecule has 64 heavy (non-hydrogen) atoms. The Balaban J connectivity index is 1.47. The Labute approximate surface area is 379 Å². The number of hydrogen-bond donors (Lipinski definition) is 6. The van der Waals surface area contributed by atoms with Crippen LogP contribution in [0.3, 0.4) is 0 Å². The fourth-order valence-electron chi connectivity index (χ4n) is 9.31. The van der Waals surface area contributed by atoms with Crippen molar-refractivity contribution in [3.8, 4) is 0 Å². The predicted molar refractivity (Wildman–Crippen MR) is 242 cm³/mol. The molecular weight excluding hydrogens is 819 g/mol. The highest BCUT2D eigenvalue weighted by molar-refractivity contribution is 6.38. The smallest absolute Gasteiger partial charge is 0.290 e. The van der Waals surface area contributed by atoms with E-state index in [4.69, 9.17) is 10.5 Å². The lowest BCUT2D eigenvalue weighted by Crippen LogP contribution is -2.58. The summed E-state index contributed by atoms with van der Waals surface area (Å²) in [5.74, 6) is -5.23. The first-order valence-electron chi connectivity index (χ1n) is 24.0. The van der Waals surface area contributed by atoms with E-state index >= 15 is 0 Å². The first-order chi connectivity index (χ1) is 30.8. The van der Waals surface area contributed by atoms with E-state index in [-0.39, 0.29) is 62.0 Å². The highest BCUT2D eigenvalue weighted by Crippen LogP contribution is 2.33. The van der Waals surface area contributed by atoms with E-state index in [0.717, 1.165) is 76.2 Å². The molecule has 0 spiro atoms. The minimum absolute atomic E-state index is 0.0958. The molecule has 7 N–H and O–H groups in total. The summed E-state index contributed by atoms with van der Waals surface area (Å²) in [6, 6.07) is 4.52. The zero-order chi connectivity index (χ0) is 46.6. The number of ether oxygens (including phenoxy) is 1. The molecule has 1 aromatic rings. The van der Waals surface area contributed by atoms with Crippen molar-refractivity contribution in [2.24, 2.45) is 23.5 Å². The Morgan fingerprint density at radius 1 is 0.734 bits per heavy atom. The fourth-order valence-corrected chi connectivity index (χ4v) is 9.31. The number of primary amides is 1. The van der Waals surface area contributed by atoms with Crippen LogP contribution in [-0.4, -0.2) is 101 Å². The van der Waals surface area contributed by atoms with E-state index in [2.05, 4.69) is 33.5 Å². The van der Waals surface area contributed by atoms with Gasteiger partial charge in [0.05, 0.1) is 25.3 Å². The van der Waals surface area contributed by atoms with Gasteiger partial charge in [0.2, 0.25) is 41.2 Å². The normalized spacial score (nSPS) is 22.0. The Hall–Kier alpha value is -4.86. The van der Waals surface area contributed by atoms with E-state index in [1.807, 2.05) is 44.2 Å². The third-order valence-electron chi connectivity index (χ3n) is 13.2. The summed E-state index contributed by atoms with van der Waals surface area (Å²) >= 11 is 0. The second kappa shape index (κ2) is 26.8. The van der Waals surface area contributed by atoms with E-state index in [1.165, 1.54) is 4.90 Å². The molecule has 1 heterocycles. The van der Waals surface area contributed by atoms with Crippen molar-refractivity contribution in [2.45, 2.75) is 186 Å². The molecular formula is C48H75N7O9. The number of benzene rings is 1. The summed E-state index contributed by atoms with van der Waals surface area (Å²) in [7, 11) is 0. The van der Waals surface area contributed by atoms with Crippen molar-refractivity contribution in [3.05, 3.63) is 35.9 Å². The summed E-state index contributed by atoms with van der Waals surface area (Å²) in [6.07, 6.45) is 11.8. The van der Waals surface area contributed by atoms with Crippen molar-refractivity contribution >= 4 is 47.1 Å². The maximum absolute atomic E-state index is 14.8. The SMILES string of the molecule is CCCCC(NC(=O)C(CCCC)NC(=O)CNC(=O)C(=O)C(CCC)NC(=O)[C@@H]1C[C@@H](OCc2ccccc2)CN1C(=O)C(NC(=O)C1CCCCC1C)C1CCCCC1)C(N)=O. The van der Waals surface area contributed by atoms with Crippen molar-refractivity contribution in [3.63, 3.8) is 0 Å². The molecule has 8 atom stereocenters. The van der Waals surface area contributed by atoms with E-state index in [1.54, 1.807) is 6.92 Å². The van der Waals surface area contributed by atoms with Gasteiger partial charge in [-0.05, 0) is 62.3 Å². The van der Waals surface area contributed by atoms with Crippen LogP contribution >= 0.6 is 0 Å². The average molecular weight is 894 g/mol. The summed E-state index contributed by atoms with van der Waals surface area (Å²) in [5.41, 5.74) is 6.43. The highest BCUT2D eigenvalue weighted by Gasteiger charge is 2.46. The lowest BCUT2D eigenvalue weighted by Gasteiger charge is -2.36. The first-order valence-corrected chi connectivity index (χ1v) is 24.0. The molecule has 3 aliphatic rings. The molecule has 3 fully saturated rings. The number of ketones is 1. The molecule has 7 amide bonds. The van der Waals surface area contributed by atoms with Crippen LogP contribution in [0, 0.1) is 17.8 Å². The van der Waals surface area contributed by atoms with Crippen LogP contribution in [0.2, 0.25) is 0 Å². The molecule has 0 radical (unpaired) electrons. The highest BCUT2D eigenvalue weighted by atomic mass is 16.5. The monoisotopic (exact) mass is 894 g/mol. The molecule has 2 saturated carbocycles. The third-order valence-corrected chi connectivity index (χ3v) is 13.2. The molecule has 2 aliphatic carbocycles. The number of rotatable bonds is 25. The van der Waals surface area contributed by atoms with Gasteiger partial charge in [-0.15, -0.1) is 0 Å². The zero-order valence-corrected chi connectivity index (χ0v) is 38.6. The Kier molecular flexibility index (Phi) is 21.7. The van der Waals surface area contributed by atoms with Gasteiger partial charge >= 0.3 is 0 Å². The molecule has 356 valence electrons. The van der Waals surface area contributed by atoms with Gasteiger partial charge in [-0.1, -0.05) is 122 Å². The van der Waals surface area contributed by atoms with Gasteiger partial charge < -0.3 is 42.0 Å². The van der Waals surface area contributed by atoms with E-state index in [0.29, 0.717) is 25.7 Å². The standard InChI is InChI=1S/C48H75N7O9/c1-5-8-25-37(43(49)58)53-45(60)38(26-9-6-2)51-40(56)28-50-47(62)42(57)36(18-7-3)52-46(61)39-27-34(64-30-32-20-12-10-13-21-32)29-55(39)48(63)41(33-22-14-11-15-23-33)54-44(59)35-24-17-16-19-31(35)4/h10,12-13,20-21,31,33-39,41H,5-9,11,14-19,22-30H2,1-4H3,(H2,49,58)(H,50,62)(H,51,56)(H,52,61)(H,53,60)(H,54,59)/t31?,34-,35?,36?,37?,38?,39+,41?/m1/s1. The van der Waals surface area contributed by atoms with Gasteiger partial charge in [0.1, 0.15) is 24.2 Å². The molecule has 16 heteroatoms. The molecule has 4 rings (SSSR count). The Morgan fingerprint density at radius 2 is 1.39 bits per heavy atom. The number of carbonyl (C=O) groups excluding carboxylic acids is 8. The number of hydrogen-bond acceptors (Lipinski definition) is 9. The topological polar surface area (TPSA) is 235 Å². The molecule has 1 aromatic carbocycles. The Bertz CT molecular complexity index is 1720. The van der Waals surface area contributed by atoms with Crippen LogP contribution in [0.1, 0.15) is 149 Å². The maximum Gasteiger partial charge on any atom is 0.290 e. The molecule has 16 nitrogen and oxygen atoms in total. The van der Waals surface area contributed by atoms with Crippen LogP contribution in [-0.2, 0) is 49.7 Å². The van der Waals surface area contributed by atoms with Crippen molar-refractivity contribution in [2.75, 3.05) is 13.1 Å². The summed E-state index contributed by atoms with van der Waals surface area (Å²) in [6.45, 7) is 7.49. The molecule has 1 saturated heterocycles. The van der Waals surface area contributed by atoms with Gasteiger partial charge in [0.15, 0.2) is 0 Å². The number of likely N-dealkylation sites (tertiary alicyclic amines) is 1. The average Bonchev–Trinajstić information content (AvgIpc) is 3.74. The number of unbranched alkanes of at least 4 members (excludes halogenated alkanes) is 2. The quantitative estimate of drug-likeness (QED) is 0.0781. The minimum atomic E-state index is -1.26. The molecule has 1 aliphatic heterocycles. The van der Waals surface area contributed by atoms with Gasteiger partial charge in [0.25, 0.3) is 5.91 Å². The molecule has 0 aromatic heterocycles. The van der Waals surface area contributed by atoms with Crippen LogP contribution in [0.15, 0.2) is 30.3 Å². The van der Waals surface area contributed by atoms with Crippen LogP contribution in [0.25, 0.3) is 0 Å². The first kappa shape index (κ1) is 51.8. The van der Waals surface area contributed by atoms with Gasteiger partial charge in [-0.2, -0.15) is 0 Å². The summed E-state index contributed by atoms with van der Waals surface area (Å²) < 4.78 is 6.29. The third kappa shape index (κ3) is 15.7. The predicted octanol–water partition coefficient (Wildman–Crippen LogP) is 3.87. The molecule has 0 bridgehead atoms. The summed E-state index contributed by atoms with van der Waals surface area (Å²) in [5, 5.41) is 13.5. The molecule has 6 unspecified atom stereocenters. The number of carbonyl (C=O) groups is 8. The van der Waals surface area contributed by atoms with E-state index in [9.17, 15) is 38.4 Å². The van der Waals surface area contributed by atoms with Crippen molar-refractivity contribution in [1.29, 1.82) is 0 Å². The number of amides is 7. The lowest BCUT2D eigenvalue weighted by atomic mass is 9.79. The van der Waals surface area contributed by atoms with Gasteiger partial charge in [-0.25, -0.2) is 0 Å². The van der Waals surface area contributed by atoms with Crippen molar-refractivity contribution < 1.29 is 43.1 Å². The van der Waals surface area contributed by atoms with Crippen LogP contribution in [0.5, 0.6) is 0 Å². The number of Topliss-reactive ketones (excluding diaryl/α,β-unsaturated/α-hetero) is 1. The van der Waals surface area contributed by atoms with Gasteiger partial charge in [-0.3, -0.25) is 38.4 Å². The minimum Gasteiger partial charge on any atom is -0.372 e. The second-order valence-electron chi connectivity index (χ2n) is 18.2. The maximum atomic E-state index is 14.8. The number of nitrogens with two attached hydrogens (primary N) is 1. The van der Waals surface area contributed by atoms with Gasteiger partial charge in [0, 0.05) is 18.9 Å². The fraction of sp³-hybridized carbons (Fsp3) is 0.708. The summed E-state index contributed by atoms with van der Waals surface area (Å²) in [4.78, 5) is 110. The lowest BCUT2D eigenvalue weighted by molar-refractivity contribution is -0.145. The largest absolute Gasteiger partial charge is 0.372 e.